The van der Waals surface area contributed by atoms with Crippen molar-refractivity contribution in [2.45, 2.75) is 6.18 Å². The van der Waals surface area contributed by atoms with E-state index in [0.29, 0.717) is 32.6 Å². The van der Waals surface area contributed by atoms with Crippen LogP contribution in [0.25, 0.3) is 0 Å². The number of morpholine rings is 1. The summed E-state index contributed by atoms with van der Waals surface area (Å²) < 4.78 is 44.0. The highest BCUT2D eigenvalue weighted by molar-refractivity contribution is 5.77. The first-order valence-electron chi connectivity index (χ1n) is 5.51. The molecule has 1 aliphatic heterocycles. The lowest BCUT2D eigenvalue weighted by Gasteiger charge is -2.31. The fourth-order valence-electron chi connectivity index (χ4n) is 1.93. The first-order valence-corrected chi connectivity index (χ1v) is 5.51. The third kappa shape index (κ3) is 2.64. The Balaban J connectivity index is 2.41. The van der Waals surface area contributed by atoms with Gasteiger partial charge in [0.05, 0.1) is 18.8 Å². The van der Waals surface area contributed by atoms with Crippen LogP contribution in [0.1, 0.15) is 15.9 Å². The molecule has 0 bridgehead atoms. The Bertz CT molecular complexity index is 439. The number of anilines is 1. The standard InChI is InChI=1S/C12H12F3NO2/c13-12(14,15)10-7-9(8-17)1-2-11(10)16-3-5-18-6-4-16/h1-2,7-8H,3-6H2. The second-order valence-electron chi connectivity index (χ2n) is 3.99. The van der Waals surface area contributed by atoms with Crippen LogP contribution in [-0.4, -0.2) is 32.6 Å². The van der Waals surface area contributed by atoms with Crippen LogP contribution >= 0.6 is 0 Å². The van der Waals surface area contributed by atoms with Crippen molar-refractivity contribution < 1.29 is 22.7 Å². The second kappa shape index (κ2) is 4.97. The number of hydrogen-bond acceptors (Lipinski definition) is 3. The SMILES string of the molecule is O=Cc1ccc(N2CCOCC2)c(C(F)(F)F)c1. The van der Waals surface area contributed by atoms with E-state index in [1.54, 1.807) is 4.90 Å². The molecule has 1 heterocycles. The van der Waals surface area contributed by atoms with Crippen LogP contribution in [-0.2, 0) is 10.9 Å². The second-order valence-corrected chi connectivity index (χ2v) is 3.99. The minimum Gasteiger partial charge on any atom is -0.378 e. The topological polar surface area (TPSA) is 29.5 Å². The molecule has 1 aromatic carbocycles. The number of aldehydes is 1. The Labute approximate surface area is 102 Å². The number of carbonyl (C=O) groups is 1. The largest absolute Gasteiger partial charge is 0.418 e. The smallest absolute Gasteiger partial charge is 0.378 e. The summed E-state index contributed by atoms with van der Waals surface area (Å²) in [6.45, 7) is 1.66. The number of benzene rings is 1. The van der Waals surface area contributed by atoms with E-state index in [2.05, 4.69) is 0 Å². The summed E-state index contributed by atoms with van der Waals surface area (Å²) in [6.07, 6.45) is -4.05. The summed E-state index contributed by atoms with van der Waals surface area (Å²) in [7, 11) is 0. The summed E-state index contributed by atoms with van der Waals surface area (Å²) in [5, 5.41) is 0. The number of ether oxygens (including phenoxy) is 1. The first kappa shape index (κ1) is 12.9. The third-order valence-electron chi connectivity index (χ3n) is 2.81. The van der Waals surface area contributed by atoms with Crippen molar-refractivity contribution in [3.63, 3.8) is 0 Å². The highest BCUT2D eigenvalue weighted by Gasteiger charge is 2.35. The van der Waals surface area contributed by atoms with Gasteiger partial charge in [-0.1, -0.05) is 0 Å². The average Bonchev–Trinajstić information content (AvgIpc) is 2.38. The van der Waals surface area contributed by atoms with E-state index >= 15 is 0 Å². The lowest BCUT2D eigenvalue weighted by molar-refractivity contribution is -0.137. The molecule has 0 aliphatic carbocycles. The molecule has 1 fully saturated rings. The monoisotopic (exact) mass is 259 g/mol. The Morgan fingerprint density at radius 2 is 1.89 bits per heavy atom. The van der Waals surface area contributed by atoms with Crippen LogP contribution in [0.4, 0.5) is 18.9 Å². The Morgan fingerprint density at radius 1 is 1.22 bits per heavy atom. The number of hydrogen-bond donors (Lipinski definition) is 0. The molecular weight excluding hydrogens is 247 g/mol. The molecule has 0 saturated carbocycles. The van der Waals surface area contributed by atoms with Gasteiger partial charge in [-0.25, -0.2) is 0 Å². The fourth-order valence-corrected chi connectivity index (χ4v) is 1.93. The van der Waals surface area contributed by atoms with Gasteiger partial charge in [0.2, 0.25) is 0 Å². The highest BCUT2D eigenvalue weighted by Crippen LogP contribution is 2.37. The van der Waals surface area contributed by atoms with Crippen LogP contribution < -0.4 is 4.90 Å². The zero-order valence-corrected chi connectivity index (χ0v) is 9.54. The van der Waals surface area contributed by atoms with Crippen LogP contribution in [0, 0.1) is 0 Å². The lowest BCUT2D eigenvalue weighted by atomic mass is 10.1. The van der Waals surface area contributed by atoms with Crippen LogP contribution in [0.3, 0.4) is 0 Å². The quantitative estimate of drug-likeness (QED) is 0.763. The maximum absolute atomic E-state index is 12.9. The molecule has 18 heavy (non-hydrogen) atoms. The Morgan fingerprint density at radius 3 is 2.44 bits per heavy atom. The van der Waals surface area contributed by atoms with Gasteiger partial charge < -0.3 is 9.64 Å². The van der Waals surface area contributed by atoms with E-state index in [4.69, 9.17) is 4.74 Å². The molecule has 0 unspecified atom stereocenters. The first-order chi connectivity index (χ1) is 8.52. The van der Waals surface area contributed by atoms with Crippen molar-refractivity contribution in [2.24, 2.45) is 0 Å². The minimum atomic E-state index is -4.47. The average molecular weight is 259 g/mol. The Kier molecular flexibility index (Phi) is 3.56. The van der Waals surface area contributed by atoms with E-state index < -0.39 is 11.7 Å². The number of alkyl halides is 3. The van der Waals surface area contributed by atoms with Gasteiger partial charge in [0.15, 0.2) is 0 Å². The molecule has 0 atom stereocenters. The van der Waals surface area contributed by atoms with Crippen molar-refractivity contribution in [3.05, 3.63) is 29.3 Å². The Hall–Kier alpha value is -1.56. The number of nitrogens with zero attached hydrogens (tertiary/aromatic N) is 1. The molecule has 1 aliphatic rings. The molecular formula is C12H12F3NO2. The van der Waals surface area contributed by atoms with Crippen LogP contribution in [0.15, 0.2) is 18.2 Å². The maximum Gasteiger partial charge on any atom is 0.418 e. The minimum absolute atomic E-state index is 0.0272. The van der Waals surface area contributed by atoms with Gasteiger partial charge in [0, 0.05) is 24.3 Å². The molecule has 3 nitrogen and oxygen atoms in total. The van der Waals surface area contributed by atoms with Gasteiger partial charge in [0.25, 0.3) is 0 Å². The van der Waals surface area contributed by atoms with Crippen molar-refractivity contribution >= 4 is 12.0 Å². The zero-order chi connectivity index (χ0) is 13.2. The molecule has 1 aromatic rings. The van der Waals surface area contributed by atoms with E-state index in [0.717, 1.165) is 6.07 Å². The number of halogens is 3. The molecule has 0 amide bonds. The number of carbonyl (C=O) groups excluding carboxylic acids is 1. The molecule has 2 rings (SSSR count). The van der Waals surface area contributed by atoms with Gasteiger partial charge in [0.1, 0.15) is 6.29 Å². The molecule has 0 radical (unpaired) electrons. The van der Waals surface area contributed by atoms with Gasteiger partial charge in [-0.05, 0) is 18.2 Å². The highest BCUT2D eigenvalue weighted by atomic mass is 19.4. The third-order valence-corrected chi connectivity index (χ3v) is 2.81. The molecule has 0 N–H and O–H groups in total. The van der Waals surface area contributed by atoms with Gasteiger partial charge in [-0.2, -0.15) is 13.2 Å². The predicted octanol–water partition coefficient (Wildman–Crippen LogP) is 2.35. The summed E-state index contributed by atoms with van der Waals surface area (Å²) >= 11 is 0. The van der Waals surface area contributed by atoms with Crippen molar-refractivity contribution in [1.29, 1.82) is 0 Å². The van der Waals surface area contributed by atoms with Gasteiger partial charge in [-0.3, -0.25) is 4.79 Å². The normalized spacial score (nSPS) is 16.7. The van der Waals surface area contributed by atoms with Crippen molar-refractivity contribution in [3.8, 4) is 0 Å². The van der Waals surface area contributed by atoms with E-state index in [1.165, 1.54) is 12.1 Å². The summed E-state index contributed by atoms with van der Waals surface area (Å²) in [5.41, 5.74) is -0.635. The van der Waals surface area contributed by atoms with E-state index in [9.17, 15) is 18.0 Å². The number of rotatable bonds is 2. The van der Waals surface area contributed by atoms with E-state index in [-0.39, 0.29) is 11.3 Å². The molecule has 0 spiro atoms. The summed E-state index contributed by atoms with van der Waals surface area (Å²) in [5.74, 6) is 0. The lowest BCUT2D eigenvalue weighted by Crippen LogP contribution is -2.37. The van der Waals surface area contributed by atoms with Crippen molar-refractivity contribution in [2.75, 3.05) is 31.2 Å². The maximum atomic E-state index is 12.9. The molecule has 0 aromatic heterocycles. The van der Waals surface area contributed by atoms with Crippen LogP contribution in [0.2, 0.25) is 0 Å². The van der Waals surface area contributed by atoms with E-state index in [1.807, 2.05) is 0 Å². The zero-order valence-electron chi connectivity index (χ0n) is 9.54. The summed E-state index contributed by atoms with van der Waals surface area (Å²) in [4.78, 5) is 12.2. The molecule has 98 valence electrons. The summed E-state index contributed by atoms with van der Waals surface area (Å²) in [6, 6.07) is 3.63. The predicted molar refractivity (Wildman–Crippen MR) is 59.9 cm³/mol. The van der Waals surface area contributed by atoms with Crippen molar-refractivity contribution in [1.82, 2.24) is 0 Å². The molecule has 1 saturated heterocycles. The fraction of sp³-hybridized carbons (Fsp3) is 0.417. The molecule has 6 heteroatoms. The van der Waals surface area contributed by atoms with Gasteiger partial charge in [-0.15, -0.1) is 0 Å². The van der Waals surface area contributed by atoms with Gasteiger partial charge >= 0.3 is 6.18 Å². The van der Waals surface area contributed by atoms with Crippen LogP contribution in [0.5, 0.6) is 0 Å².